The molecule has 0 atom stereocenters. The first-order valence-corrected chi connectivity index (χ1v) is 21.6. The molecule has 0 amide bonds. The highest BCUT2D eigenvalue weighted by atomic mass is 32.1. The molecule has 9 aromatic carbocycles. The summed E-state index contributed by atoms with van der Waals surface area (Å²) in [4.78, 5) is 2.47. The van der Waals surface area contributed by atoms with Gasteiger partial charge in [0.25, 0.3) is 0 Å². The van der Waals surface area contributed by atoms with Crippen molar-refractivity contribution >= 4 is 70.4 Å². The number of rotatable bonds is 6. The van der Waals surface area contributed by atoms with Gasteiger partial charge in [-0.15, -0.1) is 11.3 Å². The van der Waals surface area contributed by atoms with Crippen molar-refractivity contribution in [2.24, 2.45) is 0 Å². The predicted molar refractivity (Wildman–Crippen MR) is 257 cm³/mol. The predicted octanol–water partition coefficient (Wildman–Crippen LogP) is 16.3. The second-order valence-corrected chi connectivity index (χ2v) is 17.5. The number of hydrogen-bond donors (Lipinski definition) is 0. The number of thiophene rings is 1. The zero-order chi connectivity index (χ0) is 40.0. The Morgan fingerprint density at radius 1 is 0.433 bits per heavy atom. The smallest absolute Gasteiger partial charge is 0.0547 e. The lowest BCUT2D eigenvalue weighted by atomic mass is 9.81. The second-order valence-electron chi connectivity index (χ2n) is 16.5. The van der Waals surface area contributed by atoms with Gasteiger partial charge in [0.15, 0.2) is 0 Å². The monoisotopic (exact) mass is 784 g/mol. The van der Waals surface area contributed by atoms with Crippen molar-refractivity contribution in [2.75, 3.05) is 4.90 Å². The van der Waals surface area contributed by atoms with Gasteiger partial charge >= 0.3 is 0 Å². The number of hydrogen-bond acceptors (Lipinski definition) is 2. The summed E-state index contributed by atoms with van der Waals surface area (Å²) >= 11 is 1.88. The molecule has 0 saturated carbocycles. The molecule has 60 heavy (non-hydrogen) atoms. The molecule has 1 aliphatic carbocycles. The van der Waals surface area contributed by atoms with Crippen molar-refractivity contribution < 1.29 is 0 Å². The third kappa shape index (κ3) is 5.19. The van der Waals surface area contributed by atoms with Crippen LogP contribution in [0.3, 0.4) is 0 Å². The molecule has 2 aromatic heterocycles. The second kappa shape index (κ2) is 13.4. The average molecular weight is 785 g/mol. The summed E-state index contributed by atoms with van der Waals surface area (Å²) in [7, 11) is 0. The van der Waals surface area contributed by atoms with Crippen LogP contribution < -0.4 is 4.90 Å². The maximum absolute atomic E-state index is 2.47. The van der Waals surface area contributed by atoms with E-state index in [4.69, 9.17) is 0 Å². The number of fused-ring (bicyclic) bond motifs is 9. The fourth-order valence-corrected chi connectivity index (χ4v) is 11.3. The van der Waals surface area contributed by atoms with Crippen LogP contribution in [0.25, 0.3) is 81.0 Å². The highest BCUT2D eigenvalue weighted by Crippen LogP contribution is 2.54. The lowest BCUT2D eigenvalue weighted by Crippen LogP contribution is -2.20. The summed E-state index contributed by atoms with van der Waals surface area (Å²) in [6, 6.07) is 75.9. The Hall–Kier alpha value is -7.20. The zero-order valence-electron chi connectivity index (χ0n) is 33.4. The van der Waals surface area contributed by atoms with Gasteiger partial charge in [0.1, 0.15) is 0 Å². The van der Waals surface area contributed by atoms with Crippen LogP contribution in [0.15, 0.2) is 206 Å². The molecule has 0 bridgehead atoms. The SMILES string of the molecule is CC1(C)c2ccccc2-c2cccc(N(c3ccc(-c4cccc5c4sc4ccccc45)cc3)c3ccc(-c4cccc5c4c4ccccc4n5-c4ccccc4)cc3)c21. The van der Waals surface area contributed by atoms with Crippen LogP contribution in [0.5, 0.6) is 0 Å². The molecular formula is C57H40N2S. The van der Waals surface area contributed by atoms with Crippen molar-refractivity contribution in [1.29, 1.82) is 0 Å². The van der Waals surface area contributed by atoms with E-state index in [0.717, 1.165) is 11.4 Å². The third-order valence-corrected chi connectivity index (χ3v) is 14.0. The van der Waals surface area contributed by atoms with Crippen molar-refractivity contribution in [3.05, 3.63) is 217 Å². The normalized spacial score (nSPS) is 13.0. The highest BCUT2D eigenvalue weighted by molar-refractivity contribution is 7.26. The minimum atomic E-state index is -0.180. The standard InChI is InChI=1S/C57H40N2S/c1-57(2)49-24-9-6-17-44(49)46-22-14-27-52(55(46)57)58(41-35-31-38(32-36-41)43-21-12-23-47-45-18-8-11-28-53(45)60-56(43)47)40-33-29-37(30-34-40)42-20-13-26-51-54(42)48-19-7-10-25-50(48)59(51)39-15-4-3-5-16-39/h3-36H,1-2H3. The van der Waals surface area contributed by atoms with E-state index in [1.54, 1.807) is 0 Å². The molecule has 0 saturated heterocycles. The first-order valence-electron chi connectivity index (χ1n) is 20.8. The fourth-order valence-electron chi connectivity index (χ4n) is 10.1. The van der Waals surface area contributed by atoms with E-state index < -0.39 is 0 Å². The Kier molecular flexibility index (Phi) is 7.79. The molecule has 1 aliphatic rings. The maximum atomic E-state index is 2.47. The van der Waals surface area contributed by atoms with E-state index in [1.165, 1.54) is 97.9 Å². The quantitative estimate of drug-likeness (QED) is 0.163. The van der Waals surface area contributed by atoms with Gasteiger partial charge in [0, 0.05) is 53.4 Å². The molecule has 0 spiro atoms. The third-order valence-electron chi connectivity index (χ3n) is 12.8. The molecule has 0 radical (unpaired) electrons. The summed E-state index contributed by atoms with van der Waals surface area (Å²) in [5.74, 6) is 0. The molecule has 0 aliphatic heterocycles. The van der Waals surface area contributed by atoms with E-state index in [2.05, 4.69) is 230 Å². The molecule has 11 aromatic rings. The van der Waals surface area contributed by atoms with Crippen LogP contribution in [-0.2, 0) is 5.41 Å². The van der Waals surface area contributed by atoms with Gasteiger partial charge in [-0.2, -0.15) is 0 Å². The molecule has 12 rings (SSSR count). The molecule has 0 N–H and O–H groups in total. The van der Waals surface area contributed by atoms with Crippen molar-refractivity contribution in [3.8, 4) is 39.1 Å². The molecule has 2 nitrogen and oxygen atoms in total. The minimum Gasteiger partial charge on any atom is -0.310 e. The lowest BCUT2D eigenvalue weighted by Gasteiger charge is -2.32. The van der Waals surface area contributed by atoms with Crippen molar-refractivity contribution in [1.82, 2.24) is 4.57 Å². The topological polar surface area (TPSA) is 8.17 Å². The summed E-state index contributed by atoms with van der Waals surface area (Å²) < 4.78 is 5.05. The van der Waals surface area contributed by atoms with Crippen LogP contribution in [0.4, 0.5) is 17.1 Å². The molecule has 0 fully saturated rings. The summed E-state index contributed by atoms with van der Waals surface area (Å²) in [5.41, 5.74) is 17.1. The van der Waals surface area contributed by atoms with Crippen LogP contribution in [-0.4, -0.2) is 4.57 Å². The lowest BCUT2D eigenvalue weighted by molar-refractivity contribution is 0.661. The van der Waals surface area contributed by atoms with Gasteiger partial charge in [-0.3, -0.25) is 0 Å². The molecular weight excluding hydrogens is 745 g/mol. The van der Waals surface area contributed by atoms with Crippen LogP contribution in [0, 0.1) is 0 Å². The summed E-state index contributed by atoms with van der Waals surface area (Å²) in [6.45, 7) is 4.76. The van der Waals surface area contributed by atoms with Gasteiger partial charge in [-0.25, -0.2) is 0 Å². The first-order chi connectivity index (χ1) is 29.5. The Bertz CT molecular complexity index is 3440. The molecule has 284 valence electrons. The van der Waals surface area contributed by atoms with Gasteiger partial charge in [0.2, 0.25) is 0 Å². The molecule has 0 unspecified atom stereocenters. The minimum absolute atomic E-state index is 0.180. The summed E-state index contributed by atoms with van der Waals surface area (Å²) in [6.07, 6.45) is 0. The Morgan fingerprint density at radius 2 is 1.00 bits per heavy atom. The Morgan fingerprint density at radius 3 is 1.80 bits per heavy atom. The van der Waals surface area contributed by atoms with E-state index >= 15 is 0 Å². The van der Waals surface area contributed by atoms with Gasteiger partial charge < -0.3 is 9.47 Å². The van der Waals surface area contributed by atoms with Crippen LogP contribution in [0.2, 0.25) is 0 Å². The Balaban J connectivity index is 1.01. The van der Waals surface area contributed by atoms with Gasteiger partial charge in [-0.05, 0) is 105 Å². The number of benzene rings is 9. The van der Waals surface area contributed by atoms with Crippen LogP contribution >= 0.6 is 11.3 Å². The van der Waals surface area contributed by atoms with E-state index in [0.29, 0.717) is 0 Å². The van der Waals surface area contributed by atoms with Crippen molar-refractivity contribution in [2.45, 2.75) is 19.3 Å². The fraction of sp³-hybridized carbons (Fsp3) is 0.0526. The average Bonchev–Trinajstić information content (AvgIpc) is 3.93. The summed E-state index contributed by atoms with van der Waals surface area (Å²) in [5, 5.41) is 5.17. The van der Waals surface area contributed by atoms with E-state index in [1.807, 2.05) is 11.3 Å². The molecule has 3 heteroatoms. The Labute approximate surface area is 353 Å². The van der Waals surface area contributed by atoms with Gasteiger partial charge in [0.05, 0.1) is 16.7 Å². The molecule has 2 heterocycles. The van der Waals surface area contributed by atoms with Crippen molar-refractivity contribution in [3.63, 3.8) is 0 Å². The number of aromatic nitrogens is 1. The van der Waals surface area contributed by atoms with Gasteiger partial charge in [-0.1, -0.05) is 159 Å². The van der Waals surface area contributed by atoms with Crippen LogP contribution in [0.1, 0.15) is 25.0 Å². The first kappa shape index (κ1) is 34.8. The number of para-hydroxylation sites is 2. The van der Waals surface area contributed by atoms with E-state index in [9.17, 15) is 0 Å². The van der Waals surface area contributed by atoms with E-state index in [-0.39, 0.29) is 5.41 Å². The zero-order valence-corrected chi connectivity index (χ0v) is 34.2. The number of nitrogens with zero attached hydrogens (tertiary/aromatic N) is 2. The highest BCUT2D eigenvalue weighted by Gasteiger charge is 2.38. The number of anilines is 3. The maximum Gasteiger partial charge on any atom is 0.0547 e. The largest absolute Gasteiger partial charge is 0.310 e.